The van der Waals surface area contributed by atoms with Crippen LogP contribution in [0.15, 0.2) is 24.3 Å². The summed E-state index contributed by atoms with van der Waals surface area (Å²) in [5.41, 5.74) is 1.27. The number of ether oxygens (including phenoxy) is 2. The number of amides is 1. The first kappa shape index (κ1) is 13.9. The molecule has 1 aromatic carbocycles. The molecule has 0 unspecified atom stereocenters. The highest BCUT2D eigenvalue weighted by molar-refractivity contribution is 5.76. The van der Waals surface area contributed by atoms with Crippen LogP contribution >= 0.6 is 0 Å². The summed E-state index contributed by atoms with van der Waals surface area (Å²) < 4.78 is 10.7. The maximum absolute atomic E-state index is 11.7. The Morgan fingerprint density at radius 2 is 2.26 bits per heavy atom. The number of hydrogen-bond donors (Lipinski definition) is 1. The van der Waals surface area contributed by atoms with E-state index in [1.165, 1.54) is 0 Å². The fourth-order valence-electron chi connectivity index (χ4n) is 1.92. The molecule has 2 rings (SSSR count). The van der Waals surface area contributed by atoms with Crippen LogP contribution in [-0.4, -0.2) is 32.3 Å². The minimum atomic E-state index is 0.0285. The van der Waals surface area contributed by atoms with Gasteiger partial charge in [-0.1, -0.05) is 19.1 Å². The summed E-state index contributed by atoms with van der Waals surface area (Å²) in [7, 11) is 0. The Labute approximate surface area is 114 Å². The molecule has 1 aliphatic rings. The first-order valence-corrected chi connectivity index (χ1v) is 6.61. The van der Waals surface area contributed by atoms with E-state index in [1.54, 1.807) is 0 Å². The molecule has 19 heavy (non-hydrogen) atoms. The van der Waals surface area contributed by atoms with Gasteiger partial charge in [-0.2, -0.15) is 0 Å². The topological polar surface area (TPSA) is 47.6 Å². The van der Waals surface area contributed by atoms with Crippen LogP contribution in [0.2, 0.25) is 0 Å². The van der Waals surface area contributed by atoms with Crippen LogP contribution in [0, 0.1) is 12.3 Å². The molecule has 4 heteroatoms. The Morgan fingerprint density at radius 1 is 1.47 bits per heavy atom. The smallest absolute Gasteiger partial charge is 0.223 e. The first-order valence-electron chi connectivity index (χ1n) is 6.61. The second-order valence-electron chi connectivity index (χ2n) is 5.50. The van der Waals surface area contributed by atoms with E-state index in [4.69, 9.17) is 9.47 Å². The second-order valence-corrected chi connectivity index (χ2v) is 5.50. The molecule has 0 atom stereocenters. The normalized spacial score (nSPS) is 16.5. The Bertz CT molecular complexity index is 441. The lowest BCUT2D eigenvalue weighted by Gasteiger charge is -2.38. The van der Waals surface area contributed by atoms with E-state index in [9.17, 15) is 4.79 Å². The molecule has 1 aromatic rings. The van der Waals surface area contributed by atoms with E-state index in [0.29, 0.717) is 19.6 Å². The zero-order valence-electron chi connectivity index (χ0n) is 11.6. The van der Waals surface area contributed by atoms with Crippen molar-refractivity contribution in [3.05, 3.63) is 29.8 Å². The van der Waals surface area contributed by atoms with Gasteiger partial charge in [-0.25, -0.2) is 0 Å². The molecule has 1 heterocycles. The third kappa shape index (κ3) is 4.24. The number of nitrogens with one attached hydrogen (secondary N) is 1. The van der Waals surface area contributed by atoms with Crippen molar-refractivity contribution in [2.24, 2.45) is 5.41 Å². The maximum atomic E-state index is 11.7. The third-order valence-corrected chi connectivity index (χ3v) is 3.20. The van der Waals surface area contributed by atoms with Gasteiger partial charge < -0.3 is 14.8 Å². The lowest BCUT2D eigenvalue weighted by molar-refractivity contribution is -0.127. The van der Waals surface area contributed by atoms with Gasteiger partial charge in [0.15, 0.2) is 0 Å². The summed E-state index contributed by atoms with van der Waals surface area (Å²) in [6.45, 7) is 6.67. The van der Waals surface area contributed by atoms with E-state index >= 15 is 0 Å². The number of aryl methyl sites for hydroxylation is 1. The van der Waals surface area contributed by atoms with Crippen LogP contribution in [-0.2, 0) is 9.53 Å². The van der Waals surface area contributed by atoms with Crippen molar-refractivity contribution in [3.8, 4) is 5.75 Å². The number of carbonyl (C=O) groups is 1. The van der Waals surface area contributed by atoms with Gasteiger partial charge in [-0.05, 0) is 24.6 Å². The van der Waals surface area contributed by atoms with E-state index < -0.39 is 0 Å². The zero-order chi connectivity index (χ0) is 13.7. The van der Waals surface area contributed by atoms with Crippen molar-refractivity contribution in [3.63, 3.8) is 0 Å². The molecule has 0 aromatic heterocycles. The summed E-state index contributed by atoms with van der Waals surface area (Å²) in [5.74, 6) is 0.841. The van der Waals surface area contributed by atoms with Crippen molar-refractivity contribution in [1.82, 2.24) is 5.32 Å². The van der Waals surface area contributed by atoms with Crippen LogP contribution in [0.25, 0.3) is 0 Å². The Kier molecular flexibility index (Phi) is 4.43. The van der Waals surface area contributed by atoms with Gasteiger partial charge in [-0.15, -0.1) is 0 Å². The third-order valence-electron chi connectivity index (χ3n) is 3.20. The predicted molar refractivity (Wildman–Crippen MR) is 73.2 cm³/mol. The van der Waals surface area contributed by atoms with Gasteiger partial charge in [0.2, 0.25) is 5.91 Å². The molecule has 1 fully saturated rings. The summed E-state index contributed by atoms with van der Waals surface area (Å²) in [6.07, 6.45) is 0.380. The average Bonchev–Trinajstić information content (AvgIpc) is 2.34. The molecule has 104 valence electrons. The Morgan fingerprint density at radius 3 is 2.89 bits per heavy atom. The molecule has 1 N–H and O–H groups in total. The molecule has 4 nitrogen and oxygen atoms in total. The van der Waals surface area contributed by atoms with Gasteiger partial charge in [0.05, 0.1) is 26.2 Å². The molecule has 0 aliphatic carbocycles. The fourth-order valence-corrected chi connectivity index (χ4v) is 1.92. The molecule has 1 amide bonds. The van der Waals surface area contributed by atoms with Crippen molar-refractivity contribution in [2.45, 2.75) is 20.3 Å². The lowest BCUT2D eigenvalue weighted by Crippen LogP contribution is -2.48. The van der Waals surface area contributed by atoms with E-state index in [2.05, 4.69) is 12.2 Å². The van der Waals surface area contributed by atoms with Gasteiger partial charge in [0.1, 0.15) is 5.75 Å². The van der Waals surface area contributed by atoms with Gasteiger partial charge in [-0.3, -0.25) is 4.79 Å². The van der Waals surface area contributed by atoms with Crippen LogP contribution < -0.4 is 10.1 Å². The monoisotopic (exact) mass is 263 g/mol. The highest BCUT2D eigenvalue weighted by Gasteiger charge is 2.33. The minimum absolute atomic E-state index is 0.0285. The van der Waals surface area contributed by atoms with Crippen molar-refractivity contribution in [1.29, 1.82) is 0 Å². The molecule has 0 saturated carbocycles. The number of rotatable bonds is 6. The molecule has 1 aliphatic heterocycles. The number of benzene rings is 1. The number of carbonyl (C=O) groups excluding carboxylic acids is 1. The molecule has 0 bridgehead atoms. The van der Waals surface area contributed by atoms with Crippen LogP contribution in [0.1, 0.15) is 18.9 Å². The van der Waals surface area contributed by atoms with Crippen molar-refractivity contribution < 1.29 is 14.3 Å². The standard InChI is InChI=1S/C15H21NO3/c1-12-4-3-5-13(8-12)19-7-6-14(17)16-9-15(2)10-18-11-15/h3-5,8H,6-7,9-11H2,1-2H3,(H,16,17). The van der Waals surface area contributed by atoms with E-state index in [-0.39, 0.29) is 11.3 Å². The molecule has 0 spiro atoms. The average molecular weight is 263 g/mol. The summed E-state index contributed by atoms with van der Waals surface area (Å²) in [4.78, 5) is 11.7. The maximum Gasteiger partial charge on any atom is 0.223 e. The zero-order valence-corrected chi connectivity index (χ0v) is 11.6. The van der Waals surface area contributed by atoms with Gasteiger partial charge in [0, 0.05) is 12.0 Å². The predicted octanol–water partition coefficient (Wildman–Crippen LogP) is 1.92. The highest BCUT2D eigenvalue weighted by Crippen LogP contribution is 2.25. The van der Waals surface area contributed by atoms with Crippen LogP contribution in [0.5, 0.6) is 5.75 Å². The Balaban J connectivity index is 1.63. The van der Waals surface area contributed by atoms with Crippen molar-refractivity contribution in [2.75, 3.05) is 26.4 Å². The molecular formula is C15H21NO3. The highest BCUT2D eigenvalue weighted by atomic mass is 16.5. The van der Waals surface area contributed by atoms with E-state index in [0.717, 1.165) is 24.5 Å². The molecule has 0 radical (unpaired) electrons. The summed E-state index contributed by atoms with van der Waals surface area (Å²) in [6, 6.07) is 7.82. The molecule has 1 saturated heterocycles. The largest absolute Gasteiger partial charge is 0.493 e. The second kappa shape index (κ2) is 6.06. The minimum Gasteiger partial charge on any atom is -0.493 e. The number of hydrogen-bond acceptors (Lipinski definition) is 3. The first-order chi connectivity index (χ1) is 9.07. The quantitative estimate of drug-likeness (QED) is 0.853. The van der Waals surface area contributed by atoms with Gasteiger partial charge >= 0.3 is 0 Å². The van der Waals surface area contributed by atoms with Crippen LogP contribution in [0.3, 0.4) is 0 Å². The summed E-state index contributed by atoms with van der Waals surface area (Å²) >= 11 is 0. The lowest BCUT2D eigenvalue weighted by atomic mass is 9.89. The fraction of sp³-hybridized carbons (Fsp3) is 0.533. The summed E-state index contributed by atoms with van der Waals surface area (Å²) in [5, 5.41) is 2.92. The van der Waals surface area contributed by atoms with Crippen LogP contribution in [0.4, 0.5) is 0 Å². The van der Waals surface area contributed by atoms with Gasteiger partial charge in [0.25, 0.3) is 0 Å². The SMILES string of the molecule is Cc1cccc(OCCC(=O)NCC2(C)COC2)c1. The van der Waals surface area contributed by atoms with Crippen molar-refractivity contribution >= 4 is 5.91 Å². The van der Waals surface area contributed by atoms with E-state index in [1.807, 2.05) is 31.2 Å². The molecular weight excluding hydrogens is 242 g/mol. The Hall–Kier alpha value is -1.55.